The van der Waals surface area contributed by atoms with Crippen molar-refractivity contribution in [3.05, 3.63) is 48.0 Å². The molecule has 2 atom stereocenters. The van der Waals surface area contributed by atoms with Crippen molar-refractivity contribution in [2.75, 3.05) is 46.7 Å². The topological polar surface area (TPSA) is 60.5 Å². The van der Waals surface area contributed by atoms with E-state index in [1.807, 2.05) is 30.3 Å². The van der Waals surface area contributed by atoms with Crippen LogP contribution in [0.3, 0.4) is 0 Å². The van der Waals surface area contributed by atoms with Gasteiger partial charge in [-0.05, 0) is 61.4 Å². The molecular weight excluding hydrogens is 468 g/mol. The van der Waals surface area contributed by atoms with Gasteiger partial charge >= 0.3 is 0 Å². The lowest BCUT2D eigenvalue weighted by molar-refractivity contribution is -0.132. The number of amides is 1. The molecule has 0 N–H and O–H groups in total. The predicted molar refractivity (Wildman–Crippen MR) is 145 cm³/mol. The Hall–Kier alpha value is -2.93. The zero-order chi connectivity index (χ0) is 26.0. The average molecular weight is 511 g/mol. The Kier molecular flexibility index (Phi) is 9.94. The predicted octanol–water partition coefficient (Wildman–Crippen LogP) is 5.48. The number of methoxy groups -OCH3 is 1. The Labute approximate surface area is 221 Å². The number of carbonyl (C=O) groups excluding carboxylic acids is 1. The van der Waals surface area contributed by atoms with Crippen LogP contribution in [-0.2, 0) is 4.79 Å². The third-order valence-electron chi connectivity index (χ3n) is 7.43. The number of hydrogen-bond donors (Lipinski definition) is 0. The molecule has 2 aliphatic rings. The molecule has 1 saturated heterocycles. The molecule has 2 heterocycles. The molecule has 0 spiro atoms. The number of unbranched alkanes of at least 4 members (excludes halogenated alkanes) is 2. The van der Waals surface area contributed by atoms with Crippen molar-refractivity contribution in [3.63, 3.8) is 0 Å². The first-order valence-electron chi connectivity index (χ1n) is 13.8. The maximum absolute atomic E-state index is 13.4. The molecule has 1 fully saturated rings. The Morgan fingerprint density at radius 2 is 1.76 bits per heavy atom. The summed E-state index contributed by atoms with van der Waals surface area (Å²) in [6, 6.07) is 14.2. The Morgan fingerprint density at radius 1 is 1.03 bits per heavy atom. The van der Waals surface area contributed by atoms with Crippen LogP contribution in [0.15, 0.2) is 42.5 Å². The second-order valence-corrected chi connectivity index (χ2v) is 10.0. The van der Waals surface area contributed by atoms with E-state index in [0.717, 1.165) is 81.2 Å². The summed E-state index contributed by atoms with van der Waals surface area (Å²) in [7, 11) is 1.66. The van der Waals surface area contributed by atoms with E-state index in [9.17, 15) is 4.79 Å². The van der Waals surface area contributed by atoms with Crippen molar-refractivity contribution in [3.8, 4) is 23.0 Å². The highest BCUT2D eigenvalue weighted by molar-refractivity contribution is 5.78. The molecule has 0 bridgehead atoms. The minimum Gasteiger partial charge on any atom is -0.493 e. The van der Waals surface area contributed by atoms with Crippen molar-refractivity contribution >= 4 is 5.91 Å². The number of para-hydroxylation sites is 2. The number of benzene rings is 2. The van der Waals surface area contributed by atoms with Gasteiger partial charge in [-0.1, -0.05) is 44.9 Å². The van der Waals surface area contributed by atoms with Crippen LogP contribution in [0.4, 0.5) is 0 Å². The molecule has 7 heteroatoms. The standard InChI is InChI=1S/C30H42N2O5/c1-4-6-15-31(16-7-5-2)30(33)21-32-20-24(23-12-13-28-29(19-23)37-22-36-28)18-25(32)14-17-35-27-11-9-8-10-26(27)34-3/h8-13,19,24-25H,4-7,14-18,20-22H2,1-3H3/t24-,25+/m1/s1. The van der Waals surface area contributed by atoms with Crippen LogP contribution in [-0.4, -0.2) is 68.4 Å². The molecule has 0 saturated carbocycles. The third kappa shape index (κ3) is 7.10. The van der Waals surface area contributed by atoms with Crippen molar-refractivity contribution in [2.24, 2.45) is 0 Å². The summed E-state index contributed by atoms with van der Waals surface area (Å²) in [5.74, 6) is 3.68. The molecule has 1 amide bonds. The molecule has 2 aliphatic heterocycles. The van der Waals surface area contributed by atoms with Gasteiger partial charge in [-0.15, -0.1) is 0 Å². The lowest BCUT2D eigenvalue weighted by Crippen LogP contribution is -2.43. The van der Waals surface area contributed by atoms with E-state index in [0.29, 0.717) is 19.1 Å². The van der Waals surface area contributed by atoms with Crippen LogP contribution in [0.5, 0.6) is 23.0 Å². The van der Waals surface area contributed by atoms with Gasteiger partial charge in [-0.2, -0.15) is 0 Å². The van der Waals surface area contributed by atoms with Gasteiger partial charge in [-0.3, -0.25) is 9.69 Å². The van der Waals surface area contributed by atoms with Gasteiger partial charge in [-0.25, -0.2) is 0 Å². The smallest absolute Gasteiger partial charge is 0.236 e. The number of ether oxygens (including phenoxy) is 4. The van der Waals surface area contributed by atoms with E-state index in [4.69, 9.17) is 18.9 Å². The zero-order valence-electron chi connectivity index (χ0n) is 22.6. The maximum atomic E-state index is 13.4. The van der Waals surface area contributed by atoms with Crippen molar-refractivity contribution in [1.29, 1.82) is 0 Å². The van der Waals surface area contributed by atoms with Crippen LogP contribution < -0.4 is 18.9 Å². The molecule has 37 heavy (non-hydrogen) atoms. The molecule has 0 aromatic heterocycles. The molecule has 2 aromatic carbocycles. The summed E-state index contributed by atoms with van der Waals surface area (Å²) in [5.41, 5.74) is 1.24. The molecule has 0 radical (unpaired) electrons. The van der Waals surface area contributed by atoms with Crippen LogP contribution in [0.1, 0.15) is 63.9 Å². The number of nitrogens with zero attached hydrogens (tertiary/aromatic N) is 2. The van der Waals surface area contributed by atoms with Crippen molar-refractivity contribution < 1.29 is 23.7 Å². The Balaban J connectivity index is 1.44. The van der Waals surface area contributed by atoms with Crippen molar-refractivity contribution in [1.82, 2.24) is 9.80 Å². The van der Waals surface area contributed by atoms with Crippen LogP contribution in [0.25, 0.3) is 0 Å². The van der Waals surface area contributed by atoms with Crippen LogP contribution >= 0.6 is 0 Å². The first kappa shape index (κ1) is 27.1. The normalized spacial score (nSPS) is 18.7. The number of fused-ring (bicyclic) bond motifs is 1. The summed E-state index contributed by atoms with van der Waals surface area (Å²) in [4.78, 5) is 17.9. The van der Waals surface area contributed by atoms with E-state index in [1.54, 1.807) is 7.11 Å². The van der Waals surface area contributed by atoms with Gasteiger partial charge < -0.3 is 23.8 Å². The van der Waals surface area contributed by atoms with E-state index in [1.165, 1.54) is 5.56 Å². The number of carbonyl (C=O) groups is 1. The fourth-order valence-corrected chi connectivity index (χ4v) is 5.26. The zero-order valence-corrected chi connectivity index (χ0v) is 22.6. The van der Waals surface area contributed by atoms with Gasteiger partial charge in [0.05, 0.1) is 20.3 Å². The Bertz CT molecular complexity index is 1010. The molecule has 202 valence electrons. The molecule has 0 aliphatic carbocycles. The molecule has 0 unspecified atom stereocenters. The summed E-state index contributed by atoms with van der Waals surface area (Å²) in [6.07, 6.45) is 6.10. The summed E-state index contributed by atoms with van der Waals surface area (Å²) in [6.45, 7) is 8.19. The van der Waals surface area contributed by atoms with Gasteiger partial charge in [0.1, 0.15) is 0 Å². The first-order valence-corrected chi connectivity index (χ1v) is 13.8. The molecule has 7 nitrogen and oxygen atoms in total. The monoisotopic (exact) mass is 510 g/mol. The highest BCUT2D eigenvalue weighted by Gasteiger charge is 2.35. The molecule has 4 rings (SSSR count). The van der Waals surface area contributed by atoms with Crippen LogP contribution in [0.2, 0.25) is 0 Å². The average Bonchev–Trinajstić information content (AvgIpc) is 3.55. The van der Waals surface area contributed by atoms with E-state index in [2.05, 4.69) is 35.8 Å². The second-order valence-electron chi connectivity index (χ2n) is 10.0. The van der Waals surface area contributed by atoms with Crippen LogP contribution in [0, 0.1) is 0 Å². The number of likely N-dealkylation sites (tertiary alicyclic amines) is 1. The molecule has 2 aromatic rings. The third-order valence-corrected chi connectivity index (χ3v) is 7.43. The lowest BCUT2D eigenvalue weighted by atomic mass is 9.95. The van der Waals surface area contributed by atoms with Gasteiger partial charge in [0.15, 0.2) is 23.0 Å². The summed E-state index contributed by atoms with van der Waals surface area (Å²) >= 11 is 0. The Morgan fingerprint density at radius 3 is 2.49 bits per heavy atom. The van der Waals surface area contributed by atoms with E-state index >= 15 is 0 Å². The summed E-state index contributed by atoms with van der Waals surface area (Å²) < 4.78 is 22.7. The maximum Gasteiger partial charge on any atom is 0.236 e. The minimum atomic E-state index is 0.240. The van der Waals surface area contributed by atoms with Crippen molar-refractivity contribution in [2.45, 2.75) is 64.3 Å². The van der Waals surface area contributed by atoms with E-state index < -0.39 is 0 Å². The SMILES string of the molecule is CCCCN(CCCC)C(=O)CN1C[C@H](c2ccc3c(c2)OCO3)C[C@@H]1CCOc1ccccc1OC. The highest BCUT2D eigenvalue weighted by atomic mass is 16.7. The van der Waals surface area contributed by atoms with Gasteiger partial charge in [0.2, 0.25) is 12.7 Å². The first-order chi connectivity index (χ1) is 18.1. The van der Waals surface area contributed by atoms with E-state index in [-0.39, 0.29) is 18.7 Å². The number of hydrogen-bond acceptors (Lipinski definition) is 6. The highest BCUT2D eigenvalue weighted by Crippen LogP contribution is 2.39. The largest absolute Gasteiger partial charge is 0.493 e. The fraction of sp³-hybridized carbons (Fsp3) is 0.567. The fourth-order valence-electron chi connectivity index (χ4n) is 5.26. The van der Waals surface area contributed by atoms with Gasteiger partial charge in [0, 0.05) is 25.7 Å². The number of rotatable bonds is 14. The molecular formula is C30H42N2O5. The minimum absolute atomic E-state index is 0.240. The van der Waals surface area contributed by atoms with Gasteiger partial charge in [0.25, 0.3) is 0 Å². The summed E-state index contributed by atoms with van der Waals surface area (Å²) in [5, 5.41) is 0. The lowest BCUT2D eigenvalue weighted by Gasteiger charge is -2.28. The second kappa shape index (κ2) is 13.6. The quantitative estimate of drug-likeness (QED) is 0.335.